The summed E-state index contributed by atoms with van der Waals surface area (Å²) in [5.41, 5.74) is 1.000. The van der Waals surface area contributed by atoms with E-state index in [1.165, 1.54) is 24.3 Å². The average molecular weight is 410 g/mol. The van der Waals surface area contributed by atoms with E-state index in [1.807, 2.05) is 18.2 Å². The second-order valence-corrected chi connectivity index (χ2v) is 7.22. The van der Waals surface area contributed by atoms with Crippen molar-refractivity contribution in [2.75, 3.05) is 18.4 Å². The molecule has 1 fully saturated rings. The van der Waals surface area contributed by atoms with E-state index in [9.17, 15) is 23.6 Å². The summed E-state index contributed by atoms with van der Waals surface area (Å²) >= 11 is 0. The predicted octanol–water partition coefficient (Wildman–Crippen LogP) is 1.27. The minimum Gasteiger partial charge on any atom is -0.345 e. The summed E-state index contributed by atoms with van der Waals surface area (Å²) in [5, 5.41) is 7.63. The number of fused-ring (bicyclic) bond motifs is 2. The van der Waals surface area contributed by atoms with Gasteiger partial charge in [-0.15, -0.1) is 0 Å². The summed E-state index contributed by atoms with van der Waals surface area (Å²) in [6.45, 7) is -0.841. The molecule has 1 atom stereocenters. The molecule has 2 aromatic rings. The van der Waals surface area contributed by atoms with Crippen LogP contribution in [0.2, 0.25) is 0 Å². The third-order valence-corrected chi connectivity index (χ3v) is 5.30. The van der Waals surface area contributed by atoms with E-state index in [4.69, 9.17) is 0 Å². The zero-order valence-electron chi connectivity index (χ0n) is 15.9. The molecule has 3 N–H and O–H groups in total. The van der Waals surface area contributed by atoms with Gasteiger partial charge >= 0.3 is 6.03 Å². The van der Waals surface area contributed by atoms with Gasteiger partial charge in [0, 0.05) is 5.69 Å². The second-order valence-electron chi connectivity index (χ2n) is 7.22. The van der Waals surface area contributed by atoms with E-state index in [2.05, 4.69) is 16.0 Å². The Labute approximate surface area is 171 Å². The number of benzene rings is 2. The number of nitrogens with zero attached hydrogens (tertiary/aromatic N) is 1. The molecular formula is C21H19FN4O4. The van der Waals surface area contributed by atoms with E-state index < -0.39 is 41.7 Å². The molecule has 1 aliphatic heterocycles. The van der Waals surface area contributed by atoms with Crippen molar-refractivity contribution in [2.45, 2.75) is 18.4 Å². The van der Waals surface area contributed by atoms with Crippen LogP contribution >= 0.6 is 0 Å². The van der Waals surface area contributed by atoms with Crippen molar-refractivity contribution < 1.29 is 23.6 Å². The molecule has 154 valence electrons. The van der Waals surface area contributed by atoms with E-state index in [1.54, 1.807) is 6.07 Å². The highest BCUT2D eigenvalue weighted by atomic mass is 19.1. The van der Waals surface area contributed by atoms with Gasteiger partial charge in [0.15, 0.2) is 0 Å². The fraction of sp³-hybridized carbons (Fsp3) is 0.238. The van der Waals surface area contributed by atoms with Crippen LogP contribution in [0.5, 0.6) is 0 Å². The fourth-order valence-electron chi connectivity index (χ4n) is 3.85. The fourth-order valence-corrected chi connectivity index (χ4v) is 3.85. The molecule has 8 nitrogen and oxygen atoms in total. The number of hydrogen-bond acceptors (Lipinski definition) is 4. The Hall–Kier alpha value is -3.75. The molecule has 30 heavy (non-hydrogen) atoms. The molecule has 1 aliphatic carbocycles. The SMILES string of the molecule is O=C(CN1C(=O)N[C@]2(CCc3ccccc32)C1=O)NCC(=O)Nc1ccc(F)cc1. The molecular weight excluding hydrogens is 391 g/mol. The molecule has 0 aromatic heterocycles. The molecule has 9 heteroatoms. The monoisotopic (exact) mass is 410 g/mol. The highest BCUT2D eigenvalue weighted by Gasteiger charge is 2.55. The Kier molecular flexibility index (Phi) is 4.94. The minimum absolute atomic E-state index is 0.353. The number of imide groups is 1. The average Bonchev–Trinajstić information content (AvgIpc) is 3.22. The molecule has 4 rings (SSSR count). The summed E-state index contributed by atoms with van der Waals surface area (Å²) in [6, 6.07) is 11.9. The highest BCUT2D eigenvalue weighted by Crippen LogP contribution is 2.41. The number of nitrogens with one attached hydrogen (secondary N) is 3. The molecule has 1 spiro atoms. The van der Waals surface area contributed by atoms with Crippen LogP contribution in [-0.4, -0.2) is 41.7 Å². The van der Waals surface area contributed by atoms with Crippen molar-refractivity contribution in [3.05, 3.63) is 65.5 Å². The second kappa shape index (κ2) is 7.58. The summed E-state index contributed by atoms with van der Waals surface area (Å²) in [6.07, 6.45) is 1.10. The number of urea groups is 1. The van der Waals surface area contributed by atoms with E-state index >= 15 is 0 Å². The largest absolute Gasteiger partial charge is 0.345 e. The lowest BCUT2D eigenvalue weighted by molar-refractivity contribution is -0.135. The highest BCUT2D eigenvalue weighted by molar-refractivity contribution is 6.10. The normalized spacial score (nSPS) is 19.6. The van der Waals surface area contributed by atoms with Crippen LogP contribution < -0.4 is 16.0 Å². The van der Waals surface area contributed by atoms with Gasteiger partial charge in [-0.25, -0.2) is 9.18 Å². The molecule has 1 saturated heterocycles. The molecule has 0 saturated carbocycles. The number of amides is 5. The molecule has 2 aromatic carbocycles. The molecule has 5 amide bonds. The molecule has 1 heterocycles. The molecule has 0 radical (unpaired) electrons. The summed E-state index contributed by atoms with van der Waals surface area (Å²) in [7, 11) is 0. The minimum atomic E-state index is -1.13. The lowest BCUT2D eigenvalue weighted by atomic mass is 9.92. The van der Waals surface area contributed by atoms with Crippen molar-refractivity contribution in [1.29, 1.82) is 0 Å². The number of carbonyl (C=O) groups is 4. The first-order valence-corrected chi connectivity index (χ1v) is 9.44. The first-order valence-electron chi connectivity index (χ1n) is 9.44. The van der Waals surface area contributed by atoms with Gasteiger partial charge in [-0.3, -0.25) is 19.3 Å². The molecule has 0 bridgehead atoms. The van der Waals surface area contributed by atoms with Crippen LogP contribution in [0.4, 0.5) is 14.9 Å². The lowest BCUT2D eigenvalue weighted by Gasteiger charge is -2.22. The van der Waals surface area contributed by atoms with Crippen molar-refractivity contribution in [3.63, 3.8) is 0 Å². The summed E-state index contributed by atoms with van der Waals surface area (Å²) < 4.78 is 12.9. The van der Waals surface area contributed by atoms with Crippen molar-refractivity contribution in [1.82, 2.24) is 15.5 Å². The Balaban J connectivity index is 1.35. The van der Waals surface area contributed by atoms with Gasteiger partial charge in [0.1, 0.15) is 17.9 Å². The van der Waals surface area contributed by atoms with Crippen molar-refractivity contribution in [2.24, 2.45) is 0 Å². The van der Waals surface area contributed by atoms with Gasteiger partial charge in [0.2, 0.25) is 11.8 Å². The van der Waals surface area contributed by atoms with Crippen molar-refractivity contribution in [3.8, 4) is 0 Å². The first-order chi connectivity index (χ1) is 14.4. The van der Waals surface area contributed by atoms with Gasteiger partial charge in [-0.1, -0.05) is 24.3 Å². The summed E-state index contributed by atoms with van der Waals surface area (Å²) in [5.74, 6) is -2.06. The summed E-state index contributed by atoms with van der Waals surface area (Å²) in [4.78, 5) is 50.4. The quantitative estimate of drug-likeness (QED) is 0.646. The number of aryl methyl sites for hydroxylation is 1. The van der Waals surface area contributed by atoms with Crippen LogP contribution in [0.3, 0.4) is 0 Å². The number of hydrogen-bond donors (Lipinski definition) is 3. The standard InChI is InChI=1S/C21H19FN4O4/c22-14-5-7-15(8-6-14)24-17(27)11-23-18(28)12-26-19(29)21(25-20(26)30)10-9-13-3-1-2-4-16(13)21/h1-8H,9-12H2,(H,23,28)(H,24,27)(H,25,30)/t21-/m0/s1. The van der Waals surface area contributed by atoms with Gasteiger partial charge in [-0.2, -0.15) is 0 Å². The molecule has 0 unspecified atom stereocenters. The van der Waals surface area contributed by atoms with Gasteiger partial charge in [0.05, 0.1) is 6.54 Å². The third-order valence-electron chi connectivity index (χ3n) is 5.30. The van der Waals surface area contributed by atoms with Crippen LogP contribution in [0.15, 0.2) is 48.5 Å². The lowest BCUT2D eigenvalue weighted by Crippen LogP contribution is -2.44. The number of halogens is 1. The Morgan fingerprint density at radius 2 is 1.80 bits per heavy atom. The van der Waals surface area contributed by atoms with Crippen LogP contribution in [0.1, 0.15) is 17.5 Å². The van der Waals surface area contributed by atoms with Crippen LogP contribution in [0.25, 0.3) is 0 Å². The third kappa shape index (κ3) is 3.49. The zero-order valence-corrected chi connectivity index (χ0v) is 15.9. The van der Waals surface area contributed by atoms with E-state index in [0.717, 1.165) is 16.0 Å². The van der Waals surface area contributed by atoms with Crippen LogP contribution in [-0.2, 0) is 26.3 Å². The van der Waals surface area contributed by atoms with E-state index in [-0.39, 0.29) is 6.54 Å². The smallest absolute Gasteiger partial charge is 0.325 e. The number of carbonyl (C=O) groups excluding carboxylic acids is 4. The van der Waals surface area contributed by atoms with E-state index in [0.29, 0.717) is 18.5 Å². The van der Waals surface area contributed by atoms with Crippen LogP contribution in [0, 0.1) is 5.82 Å². The van der Waals surface area contributed by atoms with Crippen molar-refractivity contribution >= 4 is 29.4 Å². The first kappa shape index (κ1) is 19.6. The van der Waals surface area contributed by atoms with Gasteiger partial charge in [0.25, 0.3) is 5.91 Å². The predicted molar refractivity (Wildman–Crippen MR) is 105 cm³/mol. The van der Waals surface area contributed by atoms with Gasteiger partial charge < -0.3 is 16.0 Å². The maximum atomic E-state index is 13.0. The Bertz CT molecular complexity index is 1040. The number of anilines is 1. The zero-order chi connectivity index (χ0) is 21.3. The van der Waals surface area contributed by atoms with Gasteiger partial charge in [-0.05, 0) is 48.2 Å². The maximum absolute atomic E-state index is 13.0. The number of rotatable bonds is 5. The molecule has 2 aliphatic rings. The maximum Gasteiger partial charge on any atom is 0.325 e. The Morgan fingerprint density at radius 3 is 2.57 bits per heavy atom. The Morgan fingerprint density at radius 1 is 1.07 bits per heavy atom. The topological polar surface area (TPSA) is 108 Å².